The maximum Gasteiger partial charge on any atom is 0.327 e. The molecule has 1 atom stereocenters. The lowest BCUT2D eigenvalue weighted by molar-refractivity contribution is -0.131. The van der Waals surface area contributed by atoms with Crippen molar-refractivity contribution in [3.63, 3.8) is 0 Å². The molecule has 0 radical (unpaired) electrons. The molecule has 0 spiro atoms. The standard InChI is InChI=1S/C11H18O4/c1-3-10(15-9-14-2)7-5-4-6-8-11(12)13/h3,6,8,10H,1,4-5,7,9H2,2H3,(H,12,13)/b8-6+/t10-/m1/s1. The fraction of sp³-hybridized carbons (Fsp3) is 0.545. The second kappa shape index (κ2) is 9.43. The number of ether oxygens (including phenoxy) is 2. The number of methoxy groups -OCH3 is 1. The minimum Gasteiger partial charge on any atom is -0.478 e. The third kappa shape index (κ3) is 9.18. The van der Waals surface area contributed by atoms with Crippen molar-refractivity contribution in [1.82, 2.24) is 0 Å². The zero-order valence-electron chi connectivity index (χ0n) is 9.02. The van der Waals surface area contributed by atoms with Gasteiger partial charge in [0, 0.05) is 13.2 Å². The Hall–Kier alpha value is -1.13. The van der Waals surface area contributed by atoms with Gasteiger partial charge in [-0.05, 0) is 19.3 Å². The number of rotatable bonds is 9. The molecule has 0 unspecified atom stereocenters. The summed E-state index contributed by atoms with van der Waals surface area (Å²) in [4.78, 5) is 10.1. The van der Waals surface area contributed by atoms with Crippen molar-refractivity contribution in [3.05, 3.63) is 24.8 Å². The SMILES string of the molecule is C=C[C@H](CCC/C=C/C(=O)O)OCOC. The van der Waals surface area contributed by atoms with Gasteiger partial charge in [-0.2, -0.15) is 0 Å². The lowest BCUT2D eigenvalue weighted by Gasteiger charge is -2.11. The van der Waals surface area contributed by atoms with Crippen molar-refractivity contribution in [1.29, 1.82) is 0 Å². The van der Waals surface area contributed by atoms with Gasteiger partial charge in [0.25, 0.3) is 0 Å². The molecule has 4 nitrogen and oxygen atoms in total. The van der Waals surface area contributed by atoms with Crippen molar-refractivity contribution in [2.45, 2.75) is 25.4 Å². The van der Waals surface area contributed by atoms with Crippen LogP contribution in [0.15, 0.2) is 24.8 Å². The topological polar surface area (TPSA) is 55.8 Å². The maximum absolute atomic E-state index is 10.1. The average molecular weight is 214 g/mol. The van der Waals surface area contributed by atoms with Crippen LogP contribution >= 0.6 is 0 Å². The van der Waals surface area contributed by atoms with Crippen LogP contribution in [-0.4, -0.2) is 31.1 Å². The Morgan fingerprint density at radius 2 is 2.33 bits per heavy atom. The number of unbranched alkanes of at least 4 members (excludes halogenated alkanes) is 1. The number of carbonyl (C=O) groups is 1. The molecule has 0 saturated carbocycles. The molecule has 86 valence electrons. The van der Waals surface area contributed by atoms with Crippen LogP contribution in [0, 0.1) is 0 Å². The molecule has 0 bridgehead atoms. The van der Waals surface area contributed by atoms with Gasteiger partial charge in [0.1, 0.15) is 6.79 Å². The first-order valence-corrected chi connectivity index (χ1v) is 4.83. The van der Waals surface area contributed by atoms with Crippen LogP contribution in [-0.2, 0) is 14.3 Å². The van der Waals surface area contributed by atoms with Crippen LogP contribution in [0.4, 0.5) is 0 Å². The lowest BCUT2D eigenvalue weighted by atomic mass is 10.1. The molecule has 0 aromatic carbocycles. The number of aliphatic carboxylic acids is 1. The summed E-state index contributed by atoms with van der Waals surface area (Å²) < 4.78 is 10.1. The van der Waals surface area contributed by atoms with E-state index in [1.165, 1.54) is 0 Å². The summed E-state index contributed by atoms with van der Waals surface area (Å²) in [6.45, 7) is 3.90. The number of allylic oxidation sites excluding steroid dienone is 1. The first kappa shape index (κ1) is 13.9. The third-order valence-corrected chi connectivity index (χ3v) is 1.78. The minimum absolute atomic E-state index is 0.0248. The van der Waals surface area contributed by atoms with Crippen LogP contribution in [0.25, 0.3) is 0 Å². The highest BCUT2D eigenvalue weighted by Gasteiger charge is 2.02. The molecular weight excluding hydrogens is 196 g/mol. The van der Waals surface area contributed by atoms with Crippen LogP contribution in [0.5, 0.6) is 0 Å². The summed E-state index contributed by atoms with van der Waals surface area (Å²) >= 11 is 0. The Bertz CT molecular complexity index is 211. The van der Waals surface area contributed by atoms with Crippen LogP contribution in [0.1, 0.15) is 19.3 Å². The first-order valence-electron chi connectivity index (χ1n) is 4.83. The van der Waals surface area contributed by atoms with Gasteiger partial charge >= 0.3 is 5.97 Å². The molecule has 0 fully saturated rings. The smallest absolute Gasteiger partial charge is 0.327 e. The molecule has 0 aliphatic rings. The van der Waals surface area contributed by atoms with E-state index in [9.17, 15) is 4.79 Å². The highest BCUT2D eigenvalue weighted by molar-refractivity contribution is 5.79. The Morgan fingerprint density at radius 1 is 1.60 bits per heavy atom. The van der Waals surface area contributed by atoms with E-state index in [0.717, 1.165) is 25.3 Å². The fourth-order valence-electron chi connectivity index (χ4n) is 1.05. The molecule has 0 amide bonds. The molecule has 1 N–H and O–H groups in total. The third-order valence-electron chi connectivity index (χ3n) is 1.78. The molecule has 15 heavy (non-hydrogen) atoms. The van der Waals surface area contributed by atoms with Gasteiger partial charge in [0.05, 0.1) is 6.10 Å². The second-order valence-corrected chi connectivity index (χ2v) is 3.02. The van der Waals surface area contributed by atoms with E-state index in [0.29, 0.717) is 0 Å². The van der Waals surface area contributed by atoms with Gasteiger partial charge in [-0.1, -0.05) is 12.2 Å². The molecule has 0 aromatic rings. The zero-order valence-corrected chi connectivity index (χ0v) is 9.02. The lowest BCUT2D eigenvalue weighted by Crippen LogP contribution is -2.11. The van der Waals surface area contributed by atoms with Crippen molar-refractivity contribution < 1.29 is 19.4 Å². The largest absolute Gasteiger partial charge is 0.478 e. The van der Waals surface area contributed by atoms with Crippen molar-refractivity contribution >= 4 is 5.97 Å². The van der Waals surface area contributed by atoms with Crippen molar-refractivity contribution in [2.75, 3.05) is 13.9 Å². The maximum atomic E-state index is 10.1. The molecule has 0 aliphatic heterocycles. The molecule has 0 aromatic heterocycles. The second-order valence-electron chi connectivity index (χ2n) is 3.02. The van der Waals surface area contributed by atoms with E-state index >= 15 is 0 Å². The summed E-state index contributed by atoms with van der Waals surface area (Å²) in [5.74, 6) is -0.911. The average Bonchev–Trinajstić information content (AvgIpc) is 2.21. The van der Waals surface area contributed by atoms with E-state index < -0.39 is 5.97 Å². The van der Waals surface area contributed by atoms with E-state index in [4.69, 9.17) is 14.6 Å². The first-order chi connectivity index (χ1) is 7.20. The summed E-state index contributed by atoms with van der Waals surface area (Å²) in [7, 11) is 1.57. The van der Waals surface area contributed by atoms with E-state index in [-0.39, 0.29) is 12.9 Å². The molecule has 0 aliphatic carbocycles. The quantitative estimate of drug-likeness (QED) is 0.276. The highest BCUT2D eigenvalue weighted by atomic mass is 16.7. The Balaban J connectivity index is 3.54. The summed E-state index contributed by atoms with van der Waals surface area (Å²) in [6, 6.07) is 0. The predicted molar refractivity (Wildman–Crippen MR) is 57.6 cm³/mol. The van der Waals surface area contributed by atoms with Crippen LogP contribution < -0.4 is 0 Å². The van der Waals surface area contributed by atoms with Gasteiger partial charge in [-0.25, -0.2) is 4.79 Å². The molecular formula is C11H18O4. The molecule has 0 heterocycles. The molecule has 0 saturated heterocycles. The summed E-state index contributed by atoms with van der Waals surface area (Å²) in [5, 5.41) is 8.34. The van der Waals surface area contributed by atoms with Crippen LogP contribution in [0.2, 0.25) is 0 Å². The number of hydrogen-bond donors (Lipinski definition) is 1. The van der Waals surface area contributed by atoms with E-state index in [1.54, 1.807) is 19.3 Å². The van der Waals surface area contributed by atoms with E-state index in [1.807, 2.05) is 0 Å². The minimum atomic E-state index is -0.911. The van der Waals surface area contributed by atoms with Gasteiger partial charge in [0.2, 0.25) is 0 Å². The number of hydrogen-bond acceptors (Lipinski definition) is 3. The van der Waals surface area contributed by atoms with E-state index in [2.05, 4.69) is 6.58 Å². The van der Waals surface area contributed by atoms with Gasteiger partial charge < -0.3 is 14.6 Å². The number of carboxylic acid groups (broad SMARTS) is 1. The number of carboxylic acids is 1. The van der Waals surface area contributed by atoms with Crippen molar-refractivity contribution in [2.24, 2.45) is 0 Å². The highest BCUT2D eigenvalue weighted by Crippen LogP contribution is 2.06. The molecule has 4 heteroatoms. The Kier molecular flexibility index (Phi) is 8.72. The fourth-order valence-corrected chi connectivity index (χ4v) is 1.05. The van der Waals surface area contributed by atoms with Crippen LogP contribution in [0.3, 0.4) is 0 Å². The monoisotopic (exact) mass is 214 g/mol. The predicted octanol–water partition coefficient (Wildman–Crippen LogP) is 1.97. The summed E-state index contributed by atoms with van der Waals surface area (Å²) in [6.07, 6.45) is 6.90. The Morgan fingerprint density at radius 3 is 2.87 bits per heavy atom. The Labute approximate surface area is 90.2 Å². The van der Waals surface area contributed by atoms with Gasteiger partial charge in [-0.3, -0.25) is 0 Å². The summed E-state index contributed by atoms with van der Waals surface area (Å²) in [5.41, 5.74) is 0. The zero-order chi connectivity index (χ0) is 11.5. The normalized spacial score (nSPS) is 12.9. The van der Waals surface area contributed by atoms with Gasteiger partial charge in [-0.15, -0.1) is 6.58 Å². The van der Waals surface area contributed by atoms with Gasteiger partial charge in [0.15, 0.2) is 0 Å². The van der Waals surface area contributed by atoms with Crippen molar-refractivity contribution in [3.8, 4) is 0 Å². The molecule has 0 rings (SSSR count).